The van der Waals surface area contributed by atoms with Crippen LogP contribution in [0.4, 0.5) is 0 Å². The molecule has 1 aliphatic carbocycles. The van der Waals surface area contributed by atoms with Crippen molar-refractivity contribution in [1.29, 1.82) is 0 Å². The molecule has 2 N–H and O–H groups in total. The van der Waals surface area contributed by atoms with Gasteiger partial charge in [0.15, 0.2) is 0 Å². The third-order valence-corrected chi connectivity index (χ3v) is 6.98. The highest BCUT2D eigenvalue weighted by atomic mass is 32.2. The van der Waals surface area contributed by atoms with Crippen molar-refractivity contribution in [3.05, 3.63) is 0 Å². The minimum Gasteiger partial charge on any atom is -0.319 e. The fourth-order valence-corrected chi connectivity index (χ4v) is 5.60. The molecule has 4 atom stereocenters. The van der Waals surface area contributed by atoms with Crippen LogP contribution in [-0.4, -0.2) is 45.4 Å². The molecule has 2 fully saturated rings. The van der Waals surface area contributed by atoms with E-state index in [1.54, 1.807) is 4.31 Å². The molecule has 1 heterocycles. The van der Waals surface area contributed by atoms with Crippen LogP contribution >= 0.6 is 0 Å². The van der Waals surface area contributed by atoms with Crippen LogP contribution in [0.1, 0.15) is 46.0 Å². The predicted octanol–water partition coefficient (Wildman–Crippen LogP) is 1.58. The van der Waals surface area contributed by atoms with Gasteiger partial charge in [0, 0.05) is 19.1 Å². The standard InChI is InChI=1S/C15H31N3O2S/c1-4-14-7-8-15(12(14)2)17-21(19,20)18-9-5-6-13(11-18)10-16-3/h12-17H,4-11H2,1-3H3. The van der Waals surface area contributed by atoms with Gasteiger partial charge in [-0.3, -0.25) is 0 Å². The Hall–Kier alpha value is -0.170. The quantitative estimate of drug-likeness (QED) is 0.782. The Bertz CT molecular complexity index is 425. The fraction of sp³-hybridized carbons (Fsp3) is 1.00. The number of nitrogens with one attached hydrogen (secondary N) is 2. The first-order valence-corrected chi connectivity index (χ1v) is 9.84. The molecule has 0 bridgehead atoms. The fourth-order valence-electron chi connectivity index (χ4n) is 3.96. The second kappa shape index (κ2) is 7.40. The molecule has 4 unspecified atom stereocenters. The number of piperidine rings is 1. The molecule has 0 aromatic rings. The van der Waals surface area contributed by atoms with Crippen LogP contribution in [0.3, 0.4) is 0 Å². The van der Waals surface area contributed by atoms with Crippen LogP contribution in [-0.2, 0) is 10.2 Å². The lowest BCUT2D eigenvalue weighted by Gasteiger charge is -2.33. The van der Waals surface area contributed by atoms with Gasteiger partial charge in [-0.2, -0.15) is 17.4 Å². The highest BCUT2D eigenvalue weighted by molar-refractivity contribution is 7.87. The van der Waals surface area contributed by atoms with E-state index in [4.69, 9.17) is 0 Å². The average Bonchev–Trinajstić information content (AvgIpc) is 2.80. The molecule has 0 aromatic heterocycles. The van der Waals surface area contributed by atoms with Gasteiger partial charge in [0.25, 0.3) is 10.2 Å². The Morgan fingerprint density at radius 1 is 1.24 bits per heavy atom. The van der Waals surface area contributed by atoms with E-state index >= 15 is 0 Å². The summed E-state index contributed by atoms with van der Waals surface area (Å²) in [5.74, 6) is 1.54. The van der Waals surface area contributed by atoms with Crippen LogP contribution in [0.2, 0.25) is 0 Å². The zero-order valence-electron chi connectivity index (χ0n) is 13.6. The summed E-state index contributed by atoms with van der Waals surface area (Å²) in [7, 11) is -1.40. The topological polar surface area (TPSA) is 61.4 Å². The summed E-state index contributed by atoms with van der Waals surface area (Å²) < 4.78 is 29.9. The highest BCUT2D eigenvalue weighted by Gasteiger charge is 2.36. The molecule has 1 saturated carbocycles. The maximum Gasteiger partial charge on any atom is 0.279 e. The van der Waals surface area contributed by atoms with Crippen LogP contribution in [0.15, 0.2) is 0 Å². The number of hydrogen-bond donors (Lipinski definition) is 2. The summed E-state index contributed by atoms with van der Waals surface area (Å²) in [6, 6.07) is 0.115. The SMILES string of the molecule is CCC1CCC(NS(=O)(=O)N2CCCC(CNC)C2)C1C. The van der Waals surface area contributed by atoms with E-state index < -0.39 is 10.2 Å². The molecule has 0 radical (unpaired) electrons. The van der Waals surface area contributed by atoms with Crippen LogP contribution in [0.25, 0.3) is 0 Å². The number of nitrogens with zero attached hydrogens (tertiary/aromatic N) is 1. The van der Waals surface area contributed by atoms with Crippen molar-refractivity contribution in [2.45, 2.75) is 52.0 Å². The molecule has 0 aromatic carbocycles. The van der Waals surface area contributed by atoms with Gasteiger partial charge in [-0.1, -0.05) is 20.3 Å². The maximum absolute atomic E-state index is 12.6. The Labute approximate surface area is 130 Å². The van der Waals surface area contributed by atoms with Gasteiger partial charge in [-0.15, -0.1) is 0 Å². The lowest BCUT2D eigenvalue weighted by atomic mass is 9.94. The van der Waals surface area contributed by atoms with Crippen molar-refractivity contribution < 1.29 is 8.42 Å². The maximum atomic E-state index is 12.6. The summed E-state index contributed by atoms with van der Waals surface area (Å²) in [4.78, 5) is 0. The molecule has 1 saturated heterocycles. The minimum atomic E-state index is -3.33. The van der Waals surface area contributed by atoms with E-state index in [0.29, 0.717) is 30.8 Å². The van der Waals surface area contributed by atoms with Gasteiger partial charge >= 0.3 is 0 Å². The Morgan fingerprint density at radius 2 is 2.00 bits per heavy atom. The summed E-state index contributed by atoms with van der Waals surface area (Å²) >= 11 is 0. The summed E-state index contributed by atoms with van der Waals surface area (Å²) in [5, 5.41) is 3.16. The molecule has 2 rings (SSSR count). The summed E-state index contributed by atoms with van der Waals surface area (Å²) in [5.41, 5.74) is 0. The summed E-state index contributed by atoms with van der Waals surface area (Å²) in [6.07, 6.45) is 5.35. The first-order valence-electron chi connectivity index (χ1n) is 8.40. The molecule has 21 heavy (non-hydrogen) atoms. The lowest BCUT2D eigenvalue weighted by Crippen LogP contribution is -2.50. The zero-order chi connectivity index (χ0) is 15.5. The minimum absolute atomic E-state index is 0.115. The Balaban J connectivity index is 1.95. The normalized spacial score (nSPS) is 35.2. The van der Waals surface area contributed by atoms with Gasteiger partial charge in [0.05, 0.1) is 0 Å². The van der Waals surface area contributed by atoms with Crippen LogP contribution in [0, 0.1) is 17.8 Å². The molecule has 6 heteroatoms. The first kappa shape index (κ1) is 17.2. The first-order chi connectivity index (χ1) is 9.97. The molecule has 0 amide bonds. The van der Waals surface area contributed by atoms with Gasteiger partial charge in [-0.05, 0) is 57.0 Å². The van der Waals surface area contributed by atoms with Crippen molar-refractivity contribution >= 4 is 10.2 Å². The van der Waals surface area contributed by atoms with Gasteiger partial charge in [-0.25, -0.2) is 0 Å². The van der Waals surface area contributed by atoms with E-state index in [1.165, 1.54) is 0 Å². The van der Waals surface area contributed by atoms with Crippen molar-refractivity contribution in [2.24, 2.45) is 17.8 Å². The van der Waals surface area contributed by atoms with Gasteiger partial charge < -0.3 is 5.32 Å². The van der Waals surface area contributed by atoms with Gasteiger partial charge in [0.2, 0.25) is 0 Å². The van der Waals surface area contributed by atoms with Crippen molar-refractivity contribution in [2.75, 3.05) is 26.7 Å². The molecule has 5 nitrogen and oxygen atoms in total. The molecular formula is C15H31N3O2S. The smallest absolute Gasteiger partial charge is 0.279 e. The van der Waals surface area contributed by atoms with E-state index in [2.05, 4.69) is 23.9 Å². The summed E-state index contributed by atoms with van der Waals surface area (Å²) in [6.45, 7) is 6.59. The lowest BCUT2D eigenvalue weighted by molar-refractivity contribution is 0.257. The van der Waals surface area contributed by atoms with Gasteiger partial charge in [0.1, 0.15) is 0 Å². The van der Waals surface area contributed by atoms with E-state index in [1.807, 2.05) is 7.05 Å². The number of hydrogen-bond acceptors (Lipinski definition) is 3. The zero-order valence-corrected chi connectivity index (χ0v) is 14.5. The van der Waals surface area contributed by atoms with E-state index in [9.17, 15) is 8.42 Å². The van der Waals surface area contributed by atoms with E-state index in [-0.39, 0.29) is 6.04 Å². The molecule has 1 aliphatic heterocycles. The largest absolute Gasteiger partial charge is 0.319 e. The average molecular weight is 317 g/mol. The van der Waals surface area contributed by atoms with Crippen molar-refractivity contribution in [3.8, 4) is 0 Å². The molecule has 0 spiro atoms. The highest BCUT2D eigenvalue weighted by Crippen LogP contribution is 2.34. The molecular weight excluding hydrogens is 286 g/mol. The van der Waals surface area contributed by atoms with Crippen LogP contribution < -0.4 is 10.0 Å². The molecule has 124 valence electrons. The second-order valence-electron chi connectivity index (χ2n) is 6.76. The van der Waals surface area contributed by atoms with E-state index in [0.717, 1.165) is 38.6 Å². The van der Waals surface area contributed by atoms with Crippen molar-refractivity contribution in [3.63, 3.8) is 0 Å². The Kier molecular flexibility index (Phi) is 6.05. The second-order valence-corrected chi connectivity index (χ2v) is 8.46. The third kappa shape index (κ3) is 4.18. The van der Waals surface area contributed by atoms with Crippen LogP contribution in [0.5, 0.6) is 0 Å². The predicted molar refractivity (Wildman–Crippen MR) is 86.2 cm³/mol. The third-order valence-electron chi connectivity index (χ3n) is 5.37. The van der Waals surface area contributed by atoms with Crippen molar-refractivity contribution in [1.82, 2.24) is 14.3 Å². The Morgan fingerprint density at radius 3 is 2.62 bits per heavy atom. The number of rotatable bonds is 6. The monoisotopic (exact) mass is 317 g/mol. The molecule has 2 aliphatic rings.